The van der Waals surface area contributed by atoms with Gasteiger partial charge >= 0.3 is 6.03 Å². The zero-order valence-electron chi connectivity index (χ0n) is 10.8. The van der Waals surface area contributed by atoms with Gasteiger partial charge in [0.1, 0.15) is 11.3 Å². The van der Waals surface area contributed by atoms with Gasteiger partial charge in [-0.3, -0.25) is 0 Å². The molecule has 0 saturated heterocycles. The molecular formula is C14H18N2O2. The number of fused-ring (bicyclic) bond motifs is 1. The molecule has 0 aliphatic rings. The van der Waals surface area contributed by atoms with Crippen LogP contribution < -0.4 is 5.32 Å². The summed E-state index contributed by atoms with van der Waals surface area (Å²) in [5.41, 5.74) is 0.856. The minimum atomic E-state index is -0.0719. The summed E-state index contributed by atoms with van der Waals surface area (Å²) in [6.45, 7) is 3.20. The molecule has 4 heteroatoms. The third-order valence-corrected chi connectivity index (χ3v) is 2.74. The highest BCUT2D eigenvalue weighted by atomic mass is 16.3. The van der Waals surface area contributed by atoms with Crippen LogP contribution in [0.25, 0.3) is 11.0 Å². The van der Waals surface area contributed by atoms with Gasteiger partial charge in [0.05, 0.1) is 6.54 Å². The molecule has 1 aromatic heterocycles. The van der Waals surface area contributed by atoms with Gasteiger partial charge in [-0.25, -0.2) is 4.79 Å². The van der Waals surface area contributed by atoms with Gasteiger partial charge < -0.3 is 14.6 Å². The van der Waals surface area contributed by atoms with Crippen molar-refractivity contribution >= 4 is 17.0 Å². The number of para-hydroxylation sites is 1. The number of furan rings is 1. The predicted molar refractivity (Wildman–Crippen MR) is 71.4 cm³/mol. The molecule has 1 N–H and O–H groups in total. The van der Waals surface area contributed by atoms with Gasteiger partial charge in [0.25, 0.3) is 0 Å². The fraction of sp³-hybridized carbons (Fsp3) is 0.357. The fourth-order valence-electron chi connectivity index (χ4n) is 1.79. The maximum Gasteiger partial charge on any atom is 0.317 e. The van der Waals surface area contributed by atoms with Crippen LogP contribution in [-0.2, 0) is 6.54 Å². The molecule has 2 amide bonds. The number of rotatable bonds is 4. The second-order valence-corrected chi connectivity index (χ2v) is 4.34. The van der Waals surface area contributed by atoms with E-state index in [0.717, 1.165) is 23.2 Å². The number of urea groups is 1. The minimum Gasteiger partial charge on any atom is -0.459 e. The van der Waals surface area contributed by atoms with Crippen molar-refractivity contribution in [1.29, 1.82) is 0 Å². The summed E-state index contributed by atoms with van der Waals surface area (Å²) in [6, 6.07) is 9.73. The van der Waals surface area contributed by atoms with Crippen molar-refractivity contribution in [3.05, 3.63) is 36.1 Å². The molecule has 2 aromatic rings. The van der Waals surface area contributed by atoms with Gasteiger partial charge in [-0.05, 0) is 18.6 Å². The van der Waals surface area contributed by atoms with E-state index in [4.69, 9.17) is 4.42 Å². The Kier molecular flexibility index (Phi) is 3.87. The Hall–Kier alpha value is -1.97. The van der Waals surface area contributed by atoms with E-state index in [-0.39, 0.29) is 6.03 Å². The van der Waals surface area contributed by atoms with Gasteiger partial charge in [0, 0.05) is 19.0 Å². The smallest absolute Gasteiger partial charge is 0.317 e. The van der Waals surface area contributed by atoms with Crippen molar-refractivity contribution in [1.82, 2.24) is 10.2 Å². The third-order valence-electron chi connectivity index (χ3n) is 2.74. The molecule has 0 atom stereocenters. The summed E-state index contributed by atoms with van der Waals surface area (Å²) in [7, 11) is 1.76. The number of amides is 2. The Morgan fingerprint density at radius 1 is 1.39 bits per heavy atom. The van der Waals surface area contributed by atoms with Crippen LogP contribution >= 0.6 is 0 Å². The van der Waals surface area contributed by atoms with Crippen LogP contribution in [0.5, 0.6) is 0 Å². The molecule has 18 heavy (non-hydrogen) atoms. The lowest BCUT2D eigenvalue weighted by Gasteiger charge is -2.16. The first-order chi connectivity index (χ1) is 8.70. The lowest BCUT2D eigenvalue weighted by Crippen LogP contribution is -2.36. The summed E-state index contributed by atoms with van der Waals surface area (Å²) >= 11 is 0. The average Bonchev–Trinajstić information content (AvgIpc) is 2.77. The molecule has 1 aromatic carbocycles. The molecule has 0 spiro atoms. The molecule has 96 valence electrons. The van der Waals surface area contributed by atoms with Crippen LogP contribution in [0, 0.1) is 0 Å². The largest absolute Gasteiger partial charge is 0.459 e. The van der Waals surface area contributed by atoms with Crippen molar-refractivity contribution in [2.24, 2.45) is 0 Å². The highest BCUT2D eigenvalue weighted by Gasteiger charge is 2.11. The number of nitrogens with zero attached hydrogens (tertiary/aromatic N) is 1. The quantitative estimate of drug-likeness (QED) is 0.901. The normalized spacial score (nSPS) is 10.6. The minimum absolute atomic E-state index is 0.0719. The molecular weight excluding hydrogens is 228 g/mol. The molecule has 1 heterocycles. The number of nitrogens with one attached hydrogen (secondary N) is 1. The molecule has 0 radical (unpaired) electrons. The SMILES string of the molecule is CCCNC(=O)N(C)Cc1cc2ccccc2o1. The lowest BCUT2D eigenvalue weighted by molar-refractivity contribution is 0.203. The first-order valence-corrected chi connectivity index (χ1v) is 6.17. The van der Waals surface area contributed by atoms with Crippen LogP contribution in [0.4, 0.5) is 4.79 Å². The zero-order valence-corrected chi connectivity index (χ0v) is 10.8. The van der Waals surface area contributed by atoms with E-state index in [1.807, 2.05) is 37.3 Å². The number of carbonyl (C=O) groups excluding carboxylic acids is 1. The summed E-state index contributed by atoms with van der Waals surface area (Å²) in [6.07, 6.45) is 0.935. The molecule has 0 fully saturated rings. The zero-order chi connectivity index (χ0) is 13.0. The molecule has 0 unspecified atom stereocenters. The Morgan fingerprint density at radius 2 is 2.17 bits per heavy atom. The number of hydrogen-bond donors (Lipinski definition) is 1. The highest BCUT2D eigenvalue weighted by Crippen LogP contribution is 2.19. The number of benzene rings is 1. The van der Waals surface area contributed by atoms with Crippen LogP contribution in [0.1, 0.15) is 19.1 Å². The standard InChI is InChI=1S/C14H18N2O2/c1-3-8-15-14(17)16(2)10-12-9-11-6-4-5-7-13(11)18-12/h4-7,9H,3,8,10H2,1-2H3,(H,15,17). The monoisotopic (exact) mass is 246 g/mol. The van der Waals surface area contributed by atoms with Gasteiger partial charge in [-0.15, -0.1) is 0 Å². The van der Waals surface area contributed by atoms with Crippen molar-refractivity contribution in [2.75, 3.05) is 13.6 Å². The van der Waals surface area contributed by atoms with Crippen LogP contribution in [-0.4, -0.2) is 24.5 Å². The first kappa shape index (κ1) is 12.5. The molecule has 0 aliphatic heterocycles. The summed E-state index contributed by atoms with van der Waals surface area (Å²) in [5, 5.41) is 3.90. The van der Waals surface area contributed by atoms with Crippen LogP contribution in [0.3, 0.4) is 0 Å². The number of hydrogen-bond acceptors (Lipinski definition) is 2. The van der Waals surface area contributed by atoms with Crippen LogP contribution in [0.15, 0.2) is 34.7 Å². The Balaban J connectivity index is 2.02. The van der Waals surface area contributed by atoms with Gasteiger partial charge in [0.15, 0.2) is 0 Å². The maximum absolute atomic E-state index is 11.7. The van der Waals surface area contributed by atoms with Gasteiger partial charge in [0.2, 0.25) is 0 Å². The van der Waals surface area contributed by atoms with E-state index < -0.39 is 0 Å². The highest BCUT2D eigenvalue weighted by molar-refractivity contribution is 5.78. The third kappa shape index (κ3) is 2.83. The molecule has 0 aliphatic carbocycles. The van der Waals surface area contributed by atoms with Crippen molar-refractivity contribution < 1.29 is 9.21 Å². The van der Waals surface area contributed by atoms with E-state index in [2.05, 4.69) is 5.32 Å². The summed E-state index contributed by atoms with van der Waals surface area (Å²) in [4.78, 5) is 13.3. The van der Waals surface area contributed by atoms with E-state index in [0.29, 0.717) is 13.1 Å². The van der Waals surface area contributed by atoms with E-state index in [9.17, 15) is 4.79 Å². The first-order valence-electron chi connectivity index (χ1n) is 6.17. The average molecular weight is 246 g/mol. The Bertz CT molecular complexity index is 500. The Morgan fingerprint density at radius 3 is 2.89 bits per heavy atom. The van der Waals surface area contributed by atoms with E-state index >= 15 is 0 Å². The topological polar surface area (TPSA) is 45.5 Å². The van der Waals surface area contributed by atoms with E-state index in [1.165, 1.54) is 0 Å². The van der Waals surface area contributed by atoms with Crippen LogP contribution in [0.2, 0.25) is 0 Å². The molecule has 4 nitrogen and oxygen atoms in total. The summed E-state index contributed by atoms with van der Waals surface area (Å²) < 4.78 is 5.67. The van der Waals surface area contributed by atoms with Crippen molar-refractivity contribution in [2.45, 2.75) is 19.9 Å². The molecule has 2 rings (SSSR count). The second kappa shape index (κ2) is 5.58. The molecule has 0 saturated carbocycles. The maximum atomic E-state index is 11.7. The predicted octanol–water partition coefficient (Wildman–Crippen LogP) is 2.98. The lowest BCUT2D eigenvalue weighted by atomic mass is 10.2. The van der Waals surface area contributed by atoms with Crippen molar-refractivity contribution in [3.8, 4) is 0 Å². The molecule has 0 bridgehead atoms. The van der Waals surface area contributed by atoms with Crippen molar-refractivity contribution in [3.63, 3.8) is 0 Å². The number of carbonyl (C=O) groups is 1. The Labute approximate surface area is 107 Å². The van der Waals surface area contributed by atoms with E-state index in [1.54, 1.807) is 11.9 Å². The van der Waals surface area contributed by atoms with Gasteiger partial charge in [-0.1, -0.05) is 25.1 Å². The second-order valence-electron chi connectivity index (χ2n) is 4.34. The van der Waals surface area contributed by atoms with Gasteiger partial charge in [-0.2, -0.15) is 0 Å². The summed E-state index contributed by atoms with van der Waals surface area (Å²) in [5.74, 6) is 0.797. The fourth-order valence-corrected chi connectivity index (χ4v) is 1.79.